The Labute approximate surface area is 107 Å². The summed E-state index contributed by atoms with van der Waals surface area (Å²) >= 11 is 2.77. The Hall–Kier alpha value is -1.40. The molecular formula is C11H11NO3S2. The molecule has 1 N–H and O–H groups in total. The minimum Gasteiger partial charge on any atom is -0.486 e. The van der Waals surface area contributed by atoms with Crippen molar-refractivity contribution in [2.24, 2.45) is 0 Å². The summed E-state index contributed by atoms with van der Waals surface area (Å²) < 4.78 is 5.52. The van der Waals surface area contributed by atoms with Crippen LogP contribution in [0.1, 0.15) is 24.4 Å². The Morgan fingerprint density at radius 3 is 2.82 bits per heavy atom. The fourth-order valence-electron chi connectivity index (χ4n) is 1.37. The van der Waals surface area contributed by atoms with Crippen LogP contribution in [0.5, 0.6) is 5.75 Å². The second-order valence-electron chi connectivity index (χ2n) is 3.49. The predicted molar refractivity (Wildman–Crippen MR) is 67.2 cm³/mol. The minimum absolute atomic E-state index is 0.253. The first-order valence-corrected chi connectivity index (χ1v) is 6.57. The van der Waals surface area contributed by atoms with Crippen LogP contribution in [-0.2, 0) is 6.61 Å². The predicted octanol–water partition coefficient (Wildman–Crippen LogP) is 3.10. The molecule has 0 aliphatic heterocycles. The number of carbonyl (C=O) groups is 1. The molecule has 2 heterocycles. The molecule has 0 bridgehead atoms. The van der Waals surface area contributed by atoms with Crippen molar-refractivity contribution in [1.29, 1.82) is 0 Å². The van der Waals surface area contributed by atoms with Gasteiger partial charge < -0.3 is 9.84 Å². The molecule has 17 heavy (non-hydrogen) atoms. The van der Waals surface area contributed by atoms with E-state index < -0.39 is 5.97 Å². The quantitative estimate of drug-likeness (QED) is 0.926. The van der Waals surface area contributed by atoms with E-state index >= 15 is 0 Å². The zero-order valence-corrected chi connectivity index (χ0v) is 11.0. The van der Waals surface area contributed by atoms with E-state index in [0.29, 0.717) is 12.4 Å². The van der Waals surface area contributed by atoms with E-state index in [-0.39, 0.29) is 4.88 Å². The van der Waals surface area contributed by atoms with Crippen molar-refractivity contribution in [3.63, 3.8) is 0 Å². The number of hydrogen-bond donors (Lipinski definition) is 1. The first kappa shape index (κ1) is 12.1. The zero-order chi connectivity index (χ0) is 12.4. The van der Waals surface area contributed by atoms with Crippen LogP contribution in [-0.4, -0.2) is 16.1 Å². The summed E-state index contributed by atoms with van der Waals surface area (Å²) in [7, 11) is 0. The number of ether oxygens (including phenoxy) is 1. The van der Waals surface area contributed by atoms with Gasteiger partial charge in [0.1, 0.15) is 12.4 Å². The van der Waals surface area contributed by atoms with Crippen molar-refractivity contribution in [1.82, 2.24) is 4.98 Å². The zero-order valence-electron chi connectivity index (χ0n) is 9.39. The van der Waals surface area contributed by atoms with Crippen LogP contribution in [0, 0.1) is 13.8 Å². The molecule has 0 amide bonds. The topological polar surface area (TPSA) is 59.4 Å². The lowest BCUT2D eigenvalue weighted by Crippen LogP contribution is -1.98. The lowest BCUT2D eigenvalue weighted by Gasteiger charge is -2.02. The average Bonchev–Trinajstić information content (AvgIpc) is 2.82. The van der Waals surface area contributed by atoms with Crippen LogP contribution in [0.15, 0.2) is 12.3 Å². The lowest BCUT2D eigenvalue weighted by atomic mass is 10.4. The number of aromatic nitrogens is 1. The standard InChI is InChI=1S/C11H11NO3S2/c1-6-3-9(10(16-6)11(13)14)15-5-8-4-12-7(2)17-8/h3-4H,5H2,1-2H3,(H,13,14). The second-order valence-corrected chi connectivity index (χ2v) is 6.07. The molecular weight excluding hydrogens is 258 g/mol. The summed E-state index contributed by atoms with van der Waals surface area (Å²) in [6.45, 7) is 4.15. The molecule has 0 aliphatic rings. The molecule has 6 heteroatoms. The van der Waals surface area contributed by atoms with E-state index in [4.69, 9.17) is 9.84 Å². The van der Waals surface area contributed by atoms with E-state index in [1.54, 1.807) is 23.6 Å². The number of carboxylic acid groups (broad SMARTS) is 1. The Bertz CT molecular complexity index is 545. The van der Waals surface area contributed by atoms with E-state index in [1.165, 1.54) is 11.3 Å². The van der Waals surface area contributed by atoms with Crippen molar-refractivity contribution in [2.45, 2.75) is 20.5 Å². The summed E-state index contributed by atoms with van der Waals surface area (Å²) in [4.78, 5) is 17.3. The van der Waals surface area contributed by atoms with Gasteiger partial charge in [-0.1, -0.05) is 0 Å². The van der Waals surface area contributed by atoms with E-state index in [2.05, 4.69) is 4.98 Å². The molecule has 0 saturated carbocycles. The number of hydrogen-bond acceptors (Lipinski definition) is 5. The van der Waals surface area contributed by atoms with Gasteiger partial charge in [0, 0.05) is 11.1 Å². The fourth-order valence-corrected chi connectivity index (χ4v) is 2.87. The molecule has 2 aromatic heterocycles. The molecule has 0 aromatic carbocycles. The van der Waals surface area contributed by atoms with Gasteiger partial charge in [-0.15, -0.1) is 22.7 Å². The molecule has 90 valence electrons. The van der Waals surface area contributed by atoms with Crippen LogP contribution in [0.25, 0.3) is 0 Å². The van der Waals surface area contributed by atoms with Crippen molar-refractivity contribution in [3.8, 4) is 5.75 Å². The smallest absolute Gasteiger partial charge is 0.349 e. The van der Waals surface area contributed by atoms with E-state index in [0.717, 1.165) is 14.8 Å². The van der Waals surface area contributed by atoms with Crippen LogP contribution in [0.3, 0.4) is 0 Å². The Morgan fingerprint density at radius 2 is 2.24 bits per heavy atom. The third-order valence-electron chi connectivity index (χ3n) is 2.05. The first-order valence-electron chi connectivity index (χ1n) is 4.94. The van der Waals surface area contributed by atoms with Gasteiger partial charge in [0.05, 0.1) is 9.88 Å². The van der Waals surface area contributed by atoms with Gasteiger partial charge in [0.2, 0.25) is 0 Å². The number of thiazole rings is 1. The van der Waals surface area contributed by atoms with Crippen LogP contribution in [0.2, 0.25) is 0 Å². The second kappa shape index (κ2) is 4.85. The average molecular weight is 269 g/mol. The third-order valence-corrected chi connectivity index (χ3v) is 3.96. The SMILES string of the molecule is Cc1cc(OCc2cnc(C)s2)c(C(=O)O)s1. The lowest BCUT2D eigenvalue weighted by molar-refractivity contribution is 0.0697. The summed E-state index contributed by atoms with van der Waals surface area (Å²) in [6, 6.07) is 1.75. The monoisotopic (exact) mass is 269 g/mol. The summed E-state index contributed by atoms with van der Waals surface area (Å²) in [5.74, 6) is -0.510. The van der Waals surface area contributed by atoms with Gasteiger partial charge >= 0.3 is 5.97 Å². The highest BCUT2D eigenvalue weighted by molar-refractivity contribution is 7.14. The fraction of sp³-hybridized carbons (Fsp3) is 0.273. The molecule has 2 rings (SSSR count). The Morgan fingerprint density at radius 1 is 1.47 bits per heavy atom. The van der Waals surface area contributed by atoms with Gasteiger partial charge in [-0.05, 0) is 19.9 Å². The largest absolute Gasteiger partial charge is 0.486 e. The van der Waals surface area contributed by atoms with Crippen LogP contribution >= 0.6 is 22.7 Å². The van der Waals surface area contributed by atoms with Gasteiger partial charge in [-0.2, -0.15) is 0 Å². The number of carboxylic acids is 1. The molecule has 0 fully saturated rings. The number of aryl methyl sites for hydroxylation is 2. The molecule has 0 radical (unpaired) electrons. The summed E-state index contributed by atoms with van der Waals surface area (Å²) in [5.41, 5.74) is 0. The molecule has 0 saturated heterocycles. The van der Waals surface area contributed by atoms with Crippen LogP contribution < -0.4 is 4.74 Å². The molecule has 4 nitrogen and oxygen atoms in total. The maximum absolute atomic E-state index is 11.0. The maximum Gasteiger partial charge on any atom is 0.349 e. The van der Waals surface area contributed by atoms with Crippen LogP contribution in [0.4, 0.5) is 0 Å². The third kappa shape index (κ3) is 2.83. The number of aromatic carboxylic acids is 1. The van der Waals surface area contributed by atoms with Crippen molar-refractivity contribution in [3.05, 3.63) is 31.9 Å². The normalized spacial score (nSPS) is 10.5. The number of rotatable bonds is 4. The minimum atomic E-state index is -0.946. The highest BCUT2D eigenvalue weighted by Gasteiger charge is 2.15. The van der Waals surface area contributed by atoms with Gasteiger partial charge in [-0.3, -0.25) is 0 Å². The molecule has 0 unspecified atom stereocenters. The van der Waals surface area contributed by atoms with Crippen molar-refractivity contribution < 1.29 is 14.6 Å². The van der Waals surface area contributed by atoms with Crippen molar-refractivity contribution in [2.75, 3.05) is 0 Å². The van der Waals surface area contributed by atoms with E-state index in [9.17, 15) is 4.79 Å². The molecule has 0 atom stereocenters. The van der Waals surface area contributed by atoms with Gasteiger partial charge in [0.25, 0.3) is 0 Å². The highest BCUT2D eigenvalue weighted by atomic mass is 32.1. The number of nitrogens with zero attached hydrogens (tertiary/aromatic N) is 1. The maximum atomic E-state index is 11.0. The van der Waals surface area contributed by atoms with Crippen molar-refractivity contribution >= 4 is 28.6 Å². The Balaban J connectivity index is 2.11. The first-order chi connectivity index (χ1) is 8.06. The Kier molecular flexibility index (Phi) is 3.44. The highest BCUT2D eigenvalue weighted by Crippen LogP contribution is 2.29. The van der Waals surface area contributed by atoms with E-state index in [1.807, 2.05) is 13.8 Å². The molecule has 0 aliphatic carbocycles. The summed E-state index contributed by atoms with van der Waals surface area (Å²) in [6.07, 6.45) is 1.75. The number of thiophene rings is 1. The van der Waals surface area contributed by atoms with Gasteiger partial charge in [-0.25, -0.2) is 9.78 Å². The molecule has 0 spiro atoms. The summed E-state index contributed by atoms with van der Waals surface area (Å²) in [5, 5.41) is 9.98. The molecule has 2 aromatic rings. The van der Waals surface area contributed by atoms with Gasteiger partial charge in [0.15, 0.2) is 4.88 Å².